The van der Waals surface area contributed by atoms with Gasteiger partial charge in [0.05, 0.1) is 26.4 Å². The molecule has 0 saturated heterocycles. The molecule has 12 heteroatoms. The second kappa shape index (κ2) is 20.2. The predicted molar refractivity (Wildman–Crippen MR) is 169 cm³/mol. The lowest BCUT2D eigenvalue weighted by Crippen LogP contribution is -2.53. The van der Waals surface area contributed by atoms with Crippen molar-refractivity contribution in [2.24, 2.45) is 5.73 Å². The molecule has 0 aliphatic carbocycles. The van der Waals surface area contributed by atoms with Crippen molar-refractivity contribution in [2.45, 2.75) is 64.1 Å². The molecule has 0 aliphatic heterocycles. The number of ether oxygens (including phenoxy) is 3. The van der Waals surface area contributed by atoms with Gasteiger partial charge in [-0.15, -0.1) is 0 Å². The summed E-state index contributed by atoms with van der Waals surface area (Å²) in [5.74, 6) is -2.14. The quantitative estimate of drug-likeness (QED) is 0.108. The van der Waals surface area contributed by atoms with E-state index in [2.05, 4.69) is 36.7 Å². The number of aliphatic hydroxyl groups excluding tert-OH is 1. The van der Waals surface area contributed by atoms with E-state index in [9.17, 15) is 24.3 Å². The van der Waals surface area contributed by atoms with Crippen LogP contribution in [0, 0.1) is 0 Å². The zero-order chi connectivity index (χ0) is 33.1. The van der Waals surface area contributed by atoms with Gasteiger partial charge >= 0.3 is 5.97 Å². The van der Waals surface area contributed by atoms with Crippen LogP contribution in [0.4, 0.5) is 0 Å². The average molecular weight is 629 g/mol. The predicted octanol–water partition coefficient (Wildman–Crippen LogP) is 1.58. The first kappa shape index (κ1) is 37.3. The number of aliphatic hydroxyl groups is 1. The van der Waals surface area contributed by atoms with Gasteiger partial charge in [0, 0.05) is 12.1 Å². The summed E-state index contributed by atoms with van der Waals surface area (Å²) < 4.78 is 16.0. The highest BCUT2D eigenvalue weighted by Gasteiger charge is 2.27. The Morgan fingerprint density at radius 2 is 1.56 bits per heavy atom. The highest BCUT2D eigenvalue weighted by molar-refractivity contribution is 5.94. The molecule has 0 fully saturated rings. The van der Waals surface area contributed by atoms with Gasteiger partial charge in [-0.2, -0.15) is 0 Å². The number of rotatable bonds is 20. The number of hydrogen-bond acceptors (Lipinski definition) is 9. The smallest absolute Gasteiger partial charge is 0.331 e. The van der Waals surface area contributed by atoms with Gasteiger partial charge in [0.15, 0.2) is 6.04 Å². The maximum absolute atomic E-state index is 12.9. The van der Waals surface area contributed by atoms with Crippen LogP contribution in [0.2, 0.25) is 0 Å². The Balaban J connectivity index is 1.69. The van der Waals surface area contributed by atoms with Crippen LogP contribution in [0.1, 0.15) is 61.5 Å². The number of carbonyl (C=O) groups excluding carboxylic acids is 4. The Hall–Kier alpha value is -3.84. The van der Waals surface area contributed by atoms with Crippen molar-refractivity contribution in [3.8, 4) is 0 Å². The molecule has 12 nitrogen and oxygen atoms in total. The maximum Gasteiger partial charge on any atom is 0.331 e. The van der Waals surface area contributed by atoms with Crippen LogP contribution in [-0.4, -0.2) is 87.0 Å². The third kappa shape index (κ3) is 14.7. The van der Waals surface area contributed by atoms with E-state index in [1.807, 2.05) is 18.2 Å². The number of hydrogen-bond donors (Lipinski definition) is 5. The van der Waals surface area contributed by atoms with E-state index in [-0.39, 0.29) is 50.8 Å². The number of nitrogens with one attached hydrogen (secondary N) is 3. The number of amides is 3. The lowest BCUT2D eigenvalue weighted by Gasteiger charge is -2.22. The summed E-state index contributed by atoms with van der Waals surface area (Å²) in [4.78, 5) is 50.2. The van der Waals surface area contributed by atoms with Crippen molar-refractivity contribution in [1.82, 2.24) is 16.0 Å². The SMILES string of the molecule is CC(C)(C)c1ccc(C(=O)NCCOCCOCC(=O)N[C@@H](CCCCN)C(=O)N[C@@H](CO)C(=O)OCc2ccccc2)cc1. The van der Waals surface area contributed by atoms with Gasteiger partial charge < -0.3 is 41.0 Å². The molecule has 2 rings (SSSR count). The molecule has 0 aromatic heterocycles. The van der Waals surface area contributed by atoms with Crippen molar-refractivity contribution in [2.75, 3.05) is 46.1 Å². The van der Waals surface area contributed by atoms with Gasteiger partial charge in [0.2, 0.25) is 11.8 Å². The molecule has 248 valence electrons. The highest BCUT2D eigenvalue weighted by Crippen LogP contribution is 2.22. The van der Waals surface area contributed by atoms with Gasteiger partial charge in [-0.25, -0.2) is 4.79 Å². The highest BCUT2D eigenvalue weighted by atomic mass is 16.5. The normalized spacial score (nSPS) is 12.6. The van der Waals surface area contributed by atoms with Crippen LogP contribution in [0.3, 0.4) is 0 Å². The Bertz CT molecular complexity index is 1190. The monoisotopic (exact) mass is 628 g/mol. The number of unbranched alkanes of at least 4 members (excludes halogenated alkanes) is 1. The summed E-state index contributed by atoms with van der Waals surface area (Å²) in [6, 6.07) is 14.2. The molecule has 0 aliphatic rings. The van der Waals surface area contributed by atoms with Gasteiger partial charge in [-0.1, -0.05) is 63.2 Å². The lowest BCUT2D eigenvalue weighted by molar-refractivity contribution is -0.150. The number of esters is 1. The van der Waals surface area contributed by atoms with Crippen LogP contribution >= 0.6 is 0 Å². The zero-order valence-electron chi connectivity index (χ0n) is 26.5. The van der Waals surface area contributed by atoms with E-state index in [0.717, 1.165) is 11.1 Å². The van der Waals surface area contributed by atoms with Gasteiger partial charge in [0.1, 0.15) is 19.3 Å². The Morgan fingerprint density at radius 3 is 2.20 bits per heavy atom. The summed E-state index contributed by atoms with van der Waals surface area (Å²) in [5.41, 5.74) is 8.05. The van der Waals surface area contributed by atoms with Gasteiger partial charge in [-0.3, -0.25) is 14.4 Å². The summed E-state index contributed by atoms with van der Waals surface area (Å²) in [7, 11) is 0. The molecule has 0 heterocycles. The second-order valence-corrected chi connectivity index (χ2v) is 11.5. The summed E-state index contributed by atoms with van der Waals surface area (Å²) in [6.45, 7) is 6.68. The average Bonchev–Trinajstić information content (AvgIpc) is 3.03. The standard InChI is InChI=1S/C33H48N4O8/c1-33(2,3)26-14-12-25(13-15-26)30(40)35-17-18-43-19-20-44-23-29(39)36-27(11-7-8-16-34)31(41)37-28(21-38)32(42)45-22-24-9-5-4-6-10-24/h4-6,9-10,12-15,27-28,38H,7-8,11,16-23,34H2,1-3H3,(H,35,40)(H,36,39)(H,37,41)/t27-,28-/m0/s1. The van der Waals surface area contributed by atoms with Gasteiger partial charge in [0.25, 0.3) is 5.91 Å². The first-order valence-corrected chi connectivity index (χ1v) is 15.2. The molecule has 0 unspecified atom stereocenters. The fourth-order valence-corrected chi connectivity index (χ4v) is 4.12. The fraction of sp³-hybridized carbons (Fsp3) is 0.515. The van der Waals surface area contributed by atoms with Gasteiger partial charge in [-0.05, 0) is 54.5 Å². The first-order chi connectivity index (χ1) is 21.5. The Morgan fingerprint density at radius 1 is 0.867 bits per heavy atom. The largest absolute Gasteiger partial charge is 0.459 e. The molecule has 3 amide bonds. The second-order valence-electron chi connectivity index (χ2n) is 11.5. The maximum atomic E-state index is 12.9. The van der Waals surface area contributed by atoms with Crippen molar-refractivity contribution >= 4 is 23.7 Å². The van der Waals surface area contributed by atoms with Crippen LogP contribution in [0.5, 0.6) is 0 Å². The third-order valence-corrected chi connectivity index (χ3v) is 6.76. The minimum absolute atomic E-state index is 0.00929. The lowest BCUT2D eigenvalue weighted by atomic mass is 9.87. The van der Waals surface area contributed by atoms with E-state index in [4.69, 9.17) is 19.9 Å². The number of nitrogens with two attached hydrogens (primary N) is 1. The van der Waals surface area contributed by atoms with E-state index in [1.54, 1.807) is 36.4 Å². The van der Waals surface area contributed by atoms with Crippen molar-refractivity contribution in [3.05, 3.63) is 71.3 Å². The molecule has 0 spiro atoms. The summed E-state index contributed by atoms with van der Waals surface area (Å²) in [6.07, 6.45) is 1.48. The molecular weight excluding hydrogens is 580 g/mol. The van der Waals surface area contributed by atoms with Crippen LogP contribution in [-0.2, 0) is 40.6 Å². The number of benzene rings is 2. The van der Waals surface area contributed by atoms with Crippen molar-refractivity contribution < 1.29 is 38.5 Å². The van der Waals surface area contributed by atoms with Crippen molar-refractivity contribution in [1.29, 1.82) is 0 Å². The molecule has 45 heavy (non-hydrogen) atoms. The minimum atomic E-state index is -1.29. The van der Waals surface area contributed by atoms with E-state index in [0.29, 0.717) is 31.5 Å². The minimum Gasteiger partial charge on any atom is -0.459 e. The summed E-state index contributed by atoms with van der Waals surface area (Å²) >= 11 is 0. The van der Waals surface area contributed by atoms with E-state index < -0.39 is 36.5 Å². The molecule has 0 bridgehead atoms. The van der Waals surface area contributed by atoms with Crippen LogP contribution < -0.4 is 21.7 Å². The molecule has 2 aromatic rings. The Labute approximate surface area is 265 Å². The molecule has 2 atom stereocenters. The fourth-order valence-electron chi connectivity index (χ4n) is 4.12. The molecule has 0 saturated carbocycles. The molecular formula is C33H48N4O8. The van der Waals surface area contributed by atoms with E-state index >= 15 is 0 Å². The topological polar surface area (TPSA) is 178 Å². The van der Waals surface area contributed by atoms with Crippen LogP contribution in [0.25, 0.3) is 0 Å². The summed E-state index contributed by atoms with van der Waals surface area (Å²) in [5, 5.41) is 17.6. The van der Waals surface area contributed by atoms with Crippen molar-refractivity contribution in [3.63, 3.8) is 0 Å². The third-order valence-electron chi connectivity index (χ3n) is 6.76. The first-order valence-electron chi connectivity index (χ1n) is 15.2. The molecule has 0 radical (unpaired) electrons. The molecule has 2 aromatic carbocycles. The van der Waals surface area contributed by atoms with Crippen LogP contribution in [0.15, 0.2) is 54.6 Å². The molecule has 6 N–H and O–H groups in total. The Kier molecular flexibility index (Phi) is 16.8. The number of carbonyl (C=O) groups is 4. The van der Waals surface area contributed by atoms with E-state index in [1.165, 1.54) is 0 Å². The zero-order valence-corrected chi connectivity index (χ0v) is 26.5.